The molecule has 0 spiro atoms. The third-order valence-electron chi connectivity index (χ3n) is 5.52. The number of esters is 1. The van der Waals surface area contributed by atoms with Crippen molar-refractivity contribution in [3.63, 3.8) is 0 Å². The van der Waals surface area contributed by atoms with Gasteiger partial charge in [0.25, 0.3) is 5.91 Å². The number of hydrogen-bond donors (Lipinski definition) is 1. The molecule has 0 radical (unpaired) electrons. The van der Waals surface area contributed by atoms with Crippen LogP contribution in [-0.2, 0) is 20.9 Å². The van der Waals surface area contributed by atoms with Crippen LogP contribution >= 0.6 is 12.2 Å². The predicted octanol–water partition coefficient (Wildman–Crippen LogP) is 3.93. The van der Waals surface area contributed by atoms with E-state index in [4.69, 9.17) is 17.0 Å². The van der Waals surface area contributed by atoms with Gasteiger partial charge in [-0.25, -0.2) is 9.18 Å². The lowest BCUT2D eigenvalue weighted by Crippen LogP contribution is -2.37. The fraction of sp³-hybridized carbons (Fsp3) is 0.192. The van der Waals surface area contributed by atoms with E-state index in [1.807, 2.05) is 6.07 Å². The van der Waals surface area contributed by atoms with Crippen molar-refractivity contribution in [1.82, 2.24) is 9.88 Å². The van der Waals surface area contributed by atoms with Crippen LogP contribution in [0.15, 0.2) is 72.9 Å². The second kappa shape index (κ2) is 11.0. The molecule has 2 heterocycles. The summed E-state index contributed by atoms with van der Waals surface area (Å²) in [4.78, 5) is 45.4. The van der Waals surface area contributed by atoms with Gasteiger partial charge < -0.3 is 15.0 Å². The Balaban J connectivity index is 1.53. The van der Waals surface area contributed by atoms with Gasteiger partial charge in [-0.3, -0.25) is 19.5 Å². The fourth-order valence-corrected chi connectivity index (χ4v) is 4.19. The van der Waals surface area contributed by atoms with Gasteiger partial charge in [-0.05, 0) is 79.8 Å². The highest BCUT2D eigenvalue weighted by atomic mass is 32.1. The van der Waals surface area contributed by atoms with E-state index in [2.05, 4.69) is 10.3 Å². The Bertz CT molecular complexity index is 1270. The number of thiocarbonyl (C=S) groups is 1. The maximum Gasteiger partial charge on any atom is 0.338 e. The Hall–Kier alpha value is -4.18. The van der Waals surface area contributed by atoms with E-state index in [9.17, 15) is 18.8 Å². The highest BCUT2D eigenvalue weighted by Gasteiger charge is 2.44. The largest absolute Gasteiger partial charge is 0.462 e. The maximum absolute atomic E-state index is 13.5. The number of halogens is 1. The van der Waals surface area contributed by atoms with E-state index in [0.717, 1.165) is 0 Å². The zero-order valence-corrected chi connectivity index (χ0v) is 20.2. The molecule has 3 aromatic rings. The quantitative estimate of drug-likeness (QED) is 0.366. The van der Waals surface area contributed by atoms with Gasteiger partial charge in [0, 0.05) is 11.9 Å². The lowest BCUT2D eigenvalue weighted by atomic mass is 10.1. The van der Waals surface area contributed by atoms with Crippen molar-refractivity contribution in [2.75, 3.05) is 16.8 Å². The van der Waals surface area contributed by atoms with Crippen molar-refractivity contribution in [1.29, 1.82) is 0 Å². The zero-order valence-electron chi connectivity index (χ0n) is 19.4. The Morgan fingerprint density at radius 1 is 1.08 bits per heavy atom. The third-order valence-corrected chi connectivity index (χ3v) is 5.94. The lowest BCUT2D eigenvalue weighted by Gasteiger charge is -2.23. The molecule has 1 fully saturated rings. The molecule has 0 aliphatic carbocycles. The van der Waals surface area contributed by atoms with Crippen LogP contribution in [0.1, 0.15) is 29.4 Å². The first-order chi connectivity index (χ1) is 17.4. The molecule has 1 aliphatic heterocycles. The Morgan fingerprint density at radius 3 is 2.44 bits per heavy atom. The van der Waals surface area contributed by atoms with Gasteiger partial charge in [-0.1, -0.05) is 6.07 Å². The molecule has 1 saturated heterocycles. The first kappa shape index (κ1) is 24.9. The van der Waals surface area contributed by atoms with E-state index in [1.165, 1.54) is 29.2 Å². The summed E-state index contributed by atoms with van der Waals surface area (Å²) in [6, 6.07) is 16.2. The minimum atomic E-state index is -0.886. The van der Waals surface area contributed by atoms with Crippen LogP contribution in [0.2, 0.25) is 0 Å². The molecule has 184 valence electrons. The van der Waals surface area contributed by atoms with Crippen LogP contribution in [0.25, 0.3) is 0 Å². The number of carbonyl (C=O) groups is 3. The molecule has 1 aliphatic rings. The van der Waals surface area contributed by atoms with Crippen molar-refractivity contribution in [2.24, 2.45) is 0 Å². The molecule has 0 bridgehead atoms. The van der Waals surface area contributed by atoms with Gasteiger partial charge in [0.15, 0.2) is 5.11 Å². The van der Waals surface area contributed by atoms with Crippen molar-refractivity contribution < 1.29 is 23.5 Å². The summed E-state index contributed by atoms with van der Waals surface area (Å²) in [6.45, 7) is 2.20. The average molecular weight is 507 g/mol. The second-order valence-electron chi connectivity index (χ2n) is 7.95. The van der Waals surface area contributed by atoms with E-state index in [1.54, 1.807) is 54.4 Å². The minimum absolute atomic E-state index is 0.177. The van der Waals surface area contributed by atoms with Gasteiger partial charge in [-0.15, -0.1) is 0 Å². The van der Waals surface area contributed by atoms with Gasteiger partial charge in [0.05, 0.1) is 36.5 Å². The first-order valence-electron chi connectivity index (χ1n) is 11.2. The van der Waals surface area contributed by atoms with Crippen LogP contribution < -0.4 is 10.2 Å². The number of amides is 2. The van der Waals surface area contributed by atoms with Crippen molar-refractivity contribution in [2.45, 2.75) is 25.9 Å². The fourth-order valence-electron chi connectivity index (χ4n) is 3.80. The summed E-state index contributed by atoms with van der Waals surface area (Å²) < 4.78 is 18.4. The number of anilines is 2. The van der Waals surface area contributed by atoms with Crippen molar-refractivity contribution in [3.05, 3.63) is 90.0 Å². The Morgan fingerprint density at radius 2 is 1.81 bits per heavy atom. The number of hydrogen-bond acceptors (Lipinski definition) is 6. The Kier molecular flexibility index (Phi) is 7.65. The van der Waals surface area contributed by atoms with Gasteiger partial charge >= 0.3 is 5.97 Å². The van der Waals surface area contributed by atoms with Gasteiger partial charge in [0.2, 0.25) is 5.91 Å². The number of nitrogens with zero attached hydrogens (tertiary/aromatic N) is 3. The number of aromatic nitrogens is 1. The van der Waals surface area contributed by atoms with E-state index in [0.29, 0.717) is 22.6 Å². The van der Waals surface area contributed by atoms with E-state index in [-0.39, 0.29) is 24.7 Å². The molecule has 2 amide bonds. The molecule has 1 atom stereocenters. The average Bonchev–Trinajstić information content (AvgIpc) is 3.09. The molecular formula is C26H23FN4O4S. The van der Waals surface area contributed by atoms with Crippen LogP contribution in [0.4, 0.5) is 15.8 Å². The minimum Gasteiger partial charge on any atom is -0.462 e. The number of nitrogens with one attached hydrogen (secondary N) is 1. The Labute approximate surface area is 212 Å². The summed E-state index contributed by atoms with van der Waals surface area (Å²) in [5.41, 5.74) is 1.92. The van der Waals surface area contributed by atoms with Crippen LogP contribution in [0.3, 0.4) is 0 Å². The highest BCUT2D eigenvalue weighted by molar-refractivity contribution is 7.80. The number of benzene rings is 2. The zero-order chi connectivity index (χ0) is 25.7. The normalized spacial score (nSPS) is 15.2. The molecular weight excluding hydrogens is 483 g/mol. The summed E-state index contributed by atoms with van der Waals surface area (Å²) in [5, 5.41) is 2.95. The first-order valence-corrected chi connectivity index (χ1v) is 11.6. The van der Waals surface area contributed by atoms with Crippen molar-refractivity contribution >= 4 is 46.5 Å². The molecule has 1 N–H and O–H groups in total. The van der Waals surface area contributed by atoms with E-state index < -0.39 is 29.6 Å². The molecule has 0 unspecified atom stereocenters. The topological polar surface area (TPSA) is 91.8 Å². The lowest BCUT2D eigenvalue weighted by molar-refractivity contribution is -0.124. The number of rotatable bonds is 8. The van der Waals surface area contributed by atoms with Gasteiger partial charge in [0.1, 0.15) is 11.9 Å². The second-order valence-corrected chi connectivity index (χ2v) is 8.31. The maximum atomic E-state index is 13.5. The van der Waals surface area contributed by atoms with Gasteiger partial charge in [-0.2, -0.15) is 0 Å². The highest BCUT2D eigenvalue weighted by Crippen LogP contribution is 2.29. The summed E-state index contributed by atoms with van der Waals surface area (Å²) in [5.74, 6) is -1.69. The molecule has 8 nitrogen and oxygen atoms in total. The molecule has 2 aromatic carbocycles. The van der Waals surface area contributed by atoms with Crippen molar-refractivity contribution in [3.8, 4) is 0 Å². The number of ether oxygens (including phenoxy) is 1. The number of carbonyl (C=O) groups excluding carboxylic acids is 3. The van der Waals surface area contributed by atoms with Crippen LogP contribution in [0, 0.1) is 5.82 Å². The smallest absolute Gasteiger partial charge is 0.338 e. The molecule has 1 aromatic heterocycles. The predicted molar refractivity (Wildman–Crippen MR) is 136 cm³/mol. The molecule has 10 heteroatoms. The van der Waals surface area contributed by atoms with Crippen LogP contribution in [-0.4, -0.2) is 45.4 Å². The number of pyridine rings is 1. The summed E-state index contributed by atoms with van der Waals surface area (Å²) >= 11 is 5.61. The molecule has 36 heavy (non-hydrogen) atoms. The molecule has 4 rings (SSSR count). The van der Waals surface area contributed by atoms with Crippen LogP contribution in [0.5, 0.6) is 0 Å². The SMILES string of the molecule is CCOC(=O)c1ccc(NC(=O)C[C@H]2C(=O)N(c3ccc(F)cc3)C(=S)N2Cc2ccccn2)cc1. The summed E-state index contributed by atoms with van der Waals surface area (Å²) in [7, 11) is 0. The summed E-state index contributed by atoms with van der Waals surface area (Å²) in [6.07, 6.45) is 1.46. The monoisotopic (exact) mass is 506 g/mol. The third kappa shape index (κ3) is 5.55. The molecule has 0 saturated carbocycles. The standard InChI is InChI=1S/C26H23FN4O4S/c1-2-35-25(34)17-6-10-19(11-7-17)29-23(32)15-22-24(33)31(21-12-8-18(27)9-13-21)26(36)30(22)16-20-5-3-4-14-28-20/h3-14,22H,2,15-16H2,1H3,(H,29,32)/t22-/m0/s1. The van der Waals surface area contributed by atoms with E-state index >= 15 is 0 Å².